The molecule has 0 saturated carbocycles. The number of carbonyl (C=O) groups is 1. The lowest BCUT2D eigenvalue weighted by Gasteiger charge is -2.34. The first-order valence-electron chi connectivity index (χ1n) is 6.75. The molecule has 1 saturated heterocycles. The van der Waals surface area contributed by atoms with Crippen LogP contribution in [0.1, 0.15) is 12.8 Å². The molecule has 0 unspecified atom stereocenters. The van der Waals surface area contributed by atoms with Crippen molar-refractivity contribution in [1.29, 1.82) is 0 Å². The van der Waals surface area contributed by atoms with Crippen LogP contribution in [0.2, 0.25) is 0 Å². The molecular weight excluding hydrogens is 292 g/mol. The topological polar surface area (TPSA) is 84.5 Å². The molecule has 0 aromatic heterocycles. The van der Waals surface area contributed by atoms with Gasteiger partial charge in [-0.2, -0.15) is 0 Å². The quantitative estimate of drug-likeness (QED) is 0.859. The van der Waals surface area contributed by atoms with Crippen LogP contribution < -0.4 is 15.4 Å². The van der Waals surface area contributed by atoms with Crippen molar-refractivity contribution in [2.75, 3.05) is 31.8 Å². The molecule has 0 bridgehead atoms. The van der Waals surface area contributed by atoms with Gasteiger partial charge in [0.05, 0.1) is 7.11 Å². The van der Waals surface area contributed by atoms with Crippen LogP contribution in [0.4, 0.5) is 5.69 Å². The van der Waals surface area contributed by atoms with E-state index < -0.39 is 20.5 Å². The van der Waals surface area contributed by atoms with Crippen LogP contribution in [-0.4, -0.2) is 45.5 Å². The number of methoxy groups -OCH3 is 1. The van der Waals surface area contributed by atoms with Crippen molar-refractivity contribution in [2.24, 2.45) is 0 Å². The molecule has 1 aliphatic rings. The Morgan fingerprint density at radius 3 is 2.29 bits per heavy atom. The first-order valence-corrected chi connectivity index (χ1v) is 8.64. The summed E-state index contributed by atoms with van der Waals surface area (Å²) in [5, 5.41) is 5.79. The van der Waals surface area contributed by atoms with Gasteiger partial charge in [0.15, 0.2) is 14.6 Å². The summed E-state index contributed by atoms with van der Waals surface area (Å²) < 4.78 is 28.0. The van der Waals surface area contributed by atoms with Crippen LogP contribution in [0.5, 0.6) is 5.75 Å². The molecule has 1 fully saturated rings. The highest BCUT2D eigenvalue weighted by Gasteiger charge is 2.48. The molecule has 2 N–H and O–H groups in total. The van der Waals surface area contributed by atoms with Gasteiger partial charge in [-0.3, -0.25) is 4.79 Å². The van der Waals surface area contributed by atoms with Crippen molar-refractivity contribution in [3.63, 3.8) is 0 Å². The molecule has 2 rings (SSSR count). The highest BCUT2D eigenvalue weighted by molar-refractivity contribution is 7.92. The maximum atomic E-state index is 12.5. The largest absolute Gasteiger partial charge is 0.497 e. The third kappa shape index (κ3) is 3.19. The maximum absolute atomic E-state index is 12.5. The molecule has 7 heteroatoms. The molecule has 1 amide bonds. The van der Waals surface area contributed by atoms with E-state index in [4.69, 9.17) is 4.74 Å². The van der Waals surface area contributed by atoms with E-state index in [-0.39, 0.29) is 12.8 Å². The zero-order valence-corrected chi connectivity index (χ0v) is 13.0. The molecule has 1 aliphatic heterocycles. The average molecular weight is 312 g/mol. The van der Waals surface area contributed by atoms with Crippen LogP contribution in [0.3, 0.4) is 0 Å². The van der Waals surface area contributed by atoms with Gasteiger partial charge in [-0.25, -0.2) is 8.42 Å². The van der Waals surface area contributed by atoms with Gasteiger partial charge >= 0.3 is 0 Å². The third-order valence-electron chi connectivity index (χ3n) is 3.88. The summed E-state index contributed by atoms with van der Waals surface area (Å²) in [6, 6.07) is 6.80. The minimum absolute atomic E-state index is 0.286. The number of amides is 1. The molecule has 21 heavy (non-hydrogen) atoms. The van der Waals surface area contributed by atoms with Crippen molar-refractivity contribution < 1.29 is 17.9 Å². The molecule has 0 radical (unpaired) electrons. The van der Waals surface area contributed by atoms with E-state index in [1.807, 2.05) is 0 Å². The maximum Gasteiger partial charge on any atom is 0.245 e. The van der Waals surface area contributed by atoms with Crippen molar-refractivity contribution in [3.8, 4) is 5.75 Å². The Balaban J connectivity index is 2.22. The van der Waals surface area contributed by atoms with E-state index in [1.54, 1.807) is 31.4 Å². The zero-order chi connectivity index (χ0) is 15.5. The van der Waals surface area contributed by atoms with E-state index >= 15 is 0 Å². The van der Waals surface area contributed by atoms with E-state index in [0.717, 1.165) is 6.26 Å². The Morgan fingerprint density at radius 2 is 1.81 bits per heavy atom. The highest BCUT2D eigenvalue weighted by atomic mass is 32.2. The van der Waals surface area contributed by atoms with Gasteiger partial charge in [-0.05, 0) is 50.2 Å². The summed E-state index contributed by atoms with van der Waals surface area (Å²) in [7, 11) is -1.94. The number of rotatable bonds is 4. The smallest absolute Gasteiger partial charge is 0.245 e. The lowest BCUT2D eigenvalue weighted by molar-refractivity contribution is -0.119. The second-order valence-electron chi connectivity index (χ2n) is 5.20. The summed E-state index contributed by atoms with van der Waals surface area (Å²) in [6.45, 7) is 1.03. The van der Waals surface area contributed by atoms with Crippen LogP contribution in [0.25, 0.3) is 0 Å². The van der Waals surface area contributed by atoms with Crippen molar-refractivity contribution in [3.05, 3.63) is 24.3 Å². The standard InChI is InChI=1S/C14H20N2O4S/c1-20-12-5-3-11(4-6-12)16-13(17)14(21(2,18)19)7-9-15-10-8-14/h3-6,15H,7-10H2,1-2H3,(H,16,17). The number of piperidine rings is 1. The summed E-state index contributed by atoms with van der Waals surface area (Å²) in [5.41, 5.74) is 0.558. The number of ether oxygens (including phenoxy) is 1. The Bertz CT molecular complexity index is 604. The van der Waals surface area contributed by atoms with Gasteiger partial charge in [0, 0.05) is 11.9 Å². The number of benzene rings is 1. The molecule has 116 valence electrons. The summed E-state index contributed by atoms with van der Waals surface area (Å²) in [4.78, 5) is 12.5. The van der Waals surface area contributed by atoms with E-state index in [9.17, 15) is 13.2 Å². The van der Waals surface area contributed by atoms with E-state index in [2.05, 4.69) is 10.6 Å². The molecule has 0 aliphatic carbocycles. The van der Waals surface area contributed by atoms with Crippen LogP contribution in [0, 0.1) is 0 Å². The minimum Gasteiger partial charge on any atom is -0.497 e. The number of sulfone groups is 1. The van der Waals surface area contributed by atoms with Crippen LogP contribution >= 0.6 is 0 Å². The Kier molecular flexibility index (Phi) is 4.53. The zero-order valence-electron chi connectivity index (χ0n) is 12.2. The van der Waals surface area contributed by atoms with Gasteiger partial charge < -0.3 is 15.4 Å². The predicted molar refractivity (Wildman–Crippen MR) is 81.3 cm³/mol. The molecule has 1 aromatic carbocycles. The van der Waals surface area contributed by atoms with Crippen molar-refractivity contribution in [1.82, 2.24) is 5.32 Å². The molecule has 1 aromatic rings. The lowest BCUT2D eigenvalue weighted by atomic mass is 9.95. The van der Waals surface area contributed by atoms with Crippen LogP contribution in [0.15, 0.2) is 24.3 Å². The lowest BCUT2D eigenvalue weighted by Crippen LogP contribution is -2.55. The van der Waals surface area contributed by atoms with E-state index in [0.29, 0.717) is 24.5 Å². The molecular formula is C14H20N2O4S. The van der Waals surface area contributed by atoms with Gasteiger partial charge in [-0.15, -0.1) is 0 Å². The molecule has 1 heterocycles. The number of nitrogens with one attached hydrogen (secondary N) is 2. The van der Waals surface area contributed by atoms with Gasteiger partial charge in [0.2, 0.25) is 5.91 Å². The average Bonchev–Trinajstić information content (AvgIpc) is 2.47. The number of hydrogen-bond donors (Lipinski definition) is 2. The van der Waals surface area contributed by atoms with Gasteiger partial charge in [-0.1, -0.05) is 0 Å². The minimum atomic E-state index is -3.50. The first kappa shape index (κ1) is 15.8. The number of anilines is 1. The normalized spacial score (nSPS) is 18.0. The fraction of sp³-hybridized carbons (Fsp3) is 0.500. The second-order valence-corrected chi connectivity index (χ2v) is 7.52. The molecule has 0 spiro atoms. The monoisotopic (exact) mass is 312 g/mol. The Hall–Kier alpha value is -1.60. The predicted octanol–water partition coefficient (Wildman–Crippen LogP) is 0.800. The van der Waals surface area contributed by atoms with Crippen LogP contribution in [-0.2, 0) is 14.6 Å². The SMILES string of the molecule is COc1ccc(NC(=O)C2(S(C)(=O)=O)CCNCC2)cc1. The van der Waals surface area contributed by atoms with Crippen molar-refractivity contribution in [2.45, 2.75) is 17.6 Å². The third-order valence-corrected chi connectivity index (χ3v) is 5.90. The Morgan fingerprint density at radius 1 is 1.24 bits per heavy atom. The van der Waals surface area contributed by atoms with E-state index in [1.165, 1.54) is 0 Å². The highest BCUT2D eigenvalue weighted by Crippen LogP contribution is 2.29. The first-order chi connectivity index (χ1) is 9.89. The van der Waals surface area contributed by atoms with Crippen molar-refractivity contribution >= 4 is 21.4 Å². The summed E-state index contributed by atoms with van der Waals surface area (Å²) in [6.07, 6.45) is 1.70. The van der Waals surface area contributed by atoms with Gasteiger partial charge in [0.1, 0.15) is 5.75 Å². The van der Waals surface area contributed by atoms with Gasteiger partial charge in [0.25, 0.3) is 0 Å². The summed E-state index contributed by atoms with van der Waals surface area (Å²) >= 11 is 0. The fourth-order valence-electron chi connectivity index (χ4n) is 2.52. The Labute approximate surface area is 124 Å². The molecule has 0 atom stereocenters. The number of hydrogen-bond acceptors (Lipinski definition) is 5. The summed E-state index contributed by atoms with van der Waals surface area (Å²) in [5.74, 6) is 0.212. The number of carbonyl (C=O) groups excluding carboxylic acids is 1. The second kappa shape index (κ2) is 6.03. The fourth-order valence-corrected chi connectivity index (χ4v) is 3.85. The molecule has 6 nitrogen and oxygen atoms in total.